The van der Waals surface area contributed by atoms with Crippen LogP contribution in [-0.2, 0) is 0 Å². The molecule has 0 saturated heterocycles. The first kappa shape index (κ1) is 11.2. The highest BCUT2D eigenvalue weighted by Crippen LogP contribution is 2.21. The quantitative estimate of drug-likeness (QED) is 0.886. The van der Waals surface area contributed by atoms with Gasteiger partial charge in [0.05, 0.1) is 29.7 Å². The van der Waals surface area contributed by atoms with Crippen LogP contribution in [-0.4, -0.2) is 8.75 Å². The van der Waals surface area contributed by atoms with Gasteiger partial charge in [0, 0.05) is 0 Å². The third-order valence-corrected chi connectivity index (χ3v) is 3.15. The largest absolute Gasteiger partial charge is 0.319 e. The molecule has 2 rings (SSSR count). The Balaban J connectivity index is 2.22. The van der Waals surface area contributed by atoms with Crippen molar-refractivity contribution in [3.05, 3.63) is 47.3 Å². The van der Waals surface area contributed by atoms with Crippen molar-refractivity contribution in [2.45, 2.75) is 25.8 Å². The molecule has 3 nitrogen and oxygen atoms in total. The van der Waals surface area contributed by atoms with E-state index < -0.39 is 0 Å². The van der Waals surface area contributed by atoms with Crippen LogP contribution in [0.4, 0.5) is 0 Å². The van der Waals surface area contributed by atoms with Crippen LogP contribution in [0.5, 0.6) is 0 Å². The third kappa shape index (κ3) is 2.28. The van der Waals surface area contributed by atoms with Gasteiger partial charge in [0.1, 0.15) is 0 Å². The van der Waals surface area contributed by atoms with Crippen LogP contribution in [0.3, 0.4) is 0 Å². The van der Waals surface area contributed by atoms with E-state index in [1.54, 1.807) is 6.20 Å². The smallest absolute Gasteiger partial charge is 0.0955 e. The number of hydrogen-bond acceptors (Lipinski definition) is 4. The maximum Gasteiger partial charge on any atom is 0.0955 e. The highest BCUT2D eigenvalue weighted by molar-refractivity contribution is 6.99. The van der Waals surface area contributed by atoms with Crippen molar-refractivity contribution in [3.8, 4) is 0 Å². The summed E-state index contributed by atoms with van der Waals surface area (Å²) >= 11 is 1.19. The van der Waals surface area contributed by atoms with Crippen molar-refractivity contribution in [2.24, 2.45) is 5.73 Å². The minimum Gasteiger partial charge on any atom is -0.319 e. The van der Waals surface area contributed by atoms with Crippen molar-refractivity contribution < 1.29 is 0 Å². The minimum atomic E-state index is -0.167. The Morgan fingerprint density at radius 2 is 1.75 bits per heavy atom. The van der Waals surface area contributed by atoms with E-state index in [0.29, 0.717) is 5.92 Å². The van der Waals surface area contributed by atoms with E-state index in [1.807, 2.05) is 0 Å². The van der Waals surface area contributed by atoms with Gasteiger partial charge in [0.15, 0.2) is 0 Å². The lowest BCUT2D eigenvalue weighted by molar-refractivity contribution is 0.832. The molecule has 0 spiro atoms. The van der Waals surface area contributed by atoms with E-state index >= 15 is 0 Å². The first-order valence-electron chi connectivity index (χ1n) is 5.31. The normalized spacial score (nSPS) is 13.0. The summed E-state index contributed by atoms with van der Waals surface area (Å²) in [5.41, 5.74) is 9.33. The van der Waals surface area contributed by atoms with Gasteiger partial charge in [-0.05, 0) is 17.0 Å². The Hall–Kier alpha value is -1.26. The molecule has 1 aromatic carbocycles. The third-order valence-electron chi connectivity index (χ3n) is 2.66. The fourth-order valence-corrected chi connectivity index (χ4v) is 2.03. The monoisotopic (exact) mass is 233 g/mol. The molecule has 1 atom stereocenters. The Morgan fingerprint density at radius 3 is 2.25 bits per heavy atom. The van der Waals surface area contributed by atoms with E-state index in [2.05, 4.69) is 46.9 Å². The van der Waals surface area contributed by atoms with Crippen molar-refractivity contribution in [1.82, 2.24) is 8.75 Å². The molecule has 1 aromatic heterocycles. The molecule has 0 saturated carbocycles. The van der Waals surface area contributed by atoms with E-state index in [4.69, 9.17) is 5.73 Å². The van der Waals surface area contributed by atoms with Gasteiger partial charge in [-0.2, -0.15) is 8.75 Å². The predicted octanol–water partition coefficient (Wildman–Crippen LogP) is 2.71. The van der Waals surface area contributed by atoms with Gasteiger partial charge >= 0.3 is 0 Å². The lowest BCUT2D eigenvalue weighted by atomic mass is 9.98. The molecule has 0 aliphatic rings. The molecule has 0 fully saturated rings. The second-order valence-corrected chi connectivity index (χ2v) is 4.69. The molecule has 16 heavy (non-hydrogen) atoms. The first-order chi connectivity index (χ1) is 7.68. The van der Waals surface area contributed by atoms with Gasteiger partial charge in [-0.25, -0.2) is 0 Å². The summed E-state index contributed by atoms with van der Waals surface area (Å²) in [5.74, 6) is 0.547. The molecule has 2 aromatic rings. The molecular formula is C12H15N3S. The zero-order chi connectivity index (χ0) is 11.5. The molecule has 1 heterocycles. The predicted molar refractivity (Wildman–Crippen MR) is 66.5 cm³/mol. The van der Waals surface area contributed by atoms with Gasteiger partial charge < -0.3 is 5.73 Å². The number of nitrogens with two attached hydrogens (primary N) is 1. The highest BCUT2D eigenvalue weighted by atomic mass is 32.1. The van der Waals surface area contributed by atoms with Gasteiger partial charge in [-0.1, -0.05) is 38.1 Å². The molecule has 0 aliphatic carbocycles. The van der Waals surface area contributed by atoms with Crippen LogP contribution < -0.4 is 5.73 Å². The van der Waals surface area contributed by atoms with Crippen molar-refractivity contribution in [3.63, 3.8) is 0 Å². The van der Waals surface area contributed by atoms with Crippen molar-refractivity contribution in [1.29, 1.82) is 0 Å². The van der Waals surface area contributed by atoms with Gasteiger partial charge in [0.25, 0.3) is 0 Å². The molecule has 1 unspecified atom stereocenters. The lowest BCUT2D eigenvalue weighted by Gasteiger charge is -2.11. The summed E-state index contributed by atoms with van der Waals surface area (Å²) in [6.07, 6.45) is 1.73. The summed E-state index contributed by atoms with van der Waals surface area (Å²) in [4.78, 5) is 0. The van der Waals surface area contributed by atoms with Crippen LogP contribution in [0.15, 0.2) is 30.5 Å². The molecule has 0 radical (unpaired) electrons. The summed E-state index contributed by atoms with van der Waals surface area (Å²) < 4.78 is 8.12. The zero-order valence-electron chi connectivity index (χ0n) is 9.42. The summed E-state index contributed by atoms with van der Waals surface area (Å²) in [7, 11) is 0. The Morgan fingerprint density at radius 1 is 1.12 bits per heavy atom. The SMILES string of the molecule is CC(C)c1ccc(C(N)c2cnsn2)cc1. The zero-order valence-corrected chi connectivity index (χ0v) is 10.2. The van der Waals surface area contributed by atoms with Crippen LogP contribution >= 0.6 is 11.7 Å². The van der Waals surface area contributed by atoms with Gasteiger partial charge in [-0.15, -0.1) is 0 Å². The number of aromatic nitrogens is 2. The topological polar surface area (TPSA) is 51.8 Å². The highest BCUT2D eigenvalue weighted by Gasteiger charge is 2.11. The fraction of sp³-hybridized carbons (Fsp3) is 0.333. The average molecular weight is 233 g/mol. The van der Waals surface area contributed by atoms with E-state index in [-0.39, 0.29) is 6.04 Å². The van der Waals surface area contributed by atoms with Crippen molar-refractivity contribution in [2.75, 3.05) is 0 Å². The summed E-state index contributed by atoms with van der Waals surface area (Å²) in [6, 6.07) is 8.22. The van der Waals surface area contributed by atoms with Crippen LogP contribution in [0.1, 0.15) is 42.6 Å². The number of nitrogens with zero attached hydrogens (tertiary/aromatic N) is 2. The van der Waals surface area contributed by atoms with Crippen LogP contribution in [0, 0.1) is 0 Å². The van der Waals surface area contributed by atoms with Crippen LogP contribution in [0.2, 0.25) is 0 Å². The standard InChI is InChI=1S/C12H15N3S/c1-8(2)9-3-5-10(6-4-9)12(13)11-7-14-16-15-11/h3-8,12H,13H2,1-2H3. The molecule has 4 heteroatoms. The molecule has 0 aliphatic heterocycles. The average Bonchev–Trinajstić information content (AvgIpc) is 2.81. The number of benzene rings is 1. The lowest BCUT2D eigenvalue weighted by Crippen LogP contribution is -2.12. The second kappa shape index (κ2) is 4.72. The van der Waals surface area contributed by atoms with Crippen LogP contribution in [0.25, 0.3) is 0 Å². The molecular weight excluding hydrogens is 218 g/mol. The van der Waals surface area contributed by atoms with E-state index in [0.717, 1.165) is 11.3 Å². The first-order valence-corrected chi connectivity index (χ1v) is 6.04. The molecule has 0 amide bonds. The van der Waals surface area contributed by atoms with E-state index in [1.165, 1.54) is 17.3 Å². The summed E-state index contributed by atoms with van der Waals surface area (Å²) in [6.45, 7) is 4.36. The maximum atomic E-state index is 6.09. The van der Waals surface area contributed by atoms with Crippen molar-refractivity contribution >= 4 is 11.7 Å². The van der Waals surface area contributed by atoms with E-state index in [9.17, 15) is 0 Å². The molecule has 0 bridgehead atoms. The molecule has 84 valence electrons. The Bertz CT molecular complexity index is 434. The summed E-state index contributed by atoms with van der Waals surface area (Å²) in [5, 5.41) is 0. The van der Waals surface area contributed by atoms with Gasteiger partial charge in [0.2, 0.25) is 0 Å². The number of hydrogen-bond donors (Lipinski definition) is 1. The minimum absolute atomic E-state index is 0.167. The maximum absolute atomic E-state index is 6.09. The fourth-order valence-electron chi connectivity index (χ4n) is 1.57. The second-order valence-electron chi connectivity index (χ2n) is 4.13. The number of rotatable bonds is 3. The Kier molecular flexibility index (Phi) is 3.31. The van der Waals surface area contributed by atoms with Gasteiger partial charge in [-0.3, -0.25) is 0 Å². The molecule has 2 N–H and O–H groups in total. The Labute approximate surface area is 99.6 Å².